The molecule has 1 N–H and O–H groups in total. The molecule has 1 atom stereocenters. The zero-order valence-electron chi connectivity index (χ0n) is 20.9. The first-order chi connectivity index (χ1) is 17.6. The molecule has 188 valence electrons. The fourth-order valence-electron chi connectivity index (χ4n) is 4.70. The first kappa shape index (κ1) is 25.2. The molecule has 7 heteroatoms. The van der Waals surface area contributed by atoms with E-state index in [0.717, 1.165) is 31.2 Å². The van der Waals surface area contributed by atoms with Crippen molar-refractivity contribution in [3.05, 3.63) is 89.7 Å². The summed E-state index contributed by atoms with van der Waals surface area (Å²) >= 11 is 0. The van der Waals surface area contributed by atoms with E-state index in [0.29, 0.717) is 17.1 Å². The number of rotatable bonds is 9. The molecule has 36 heavy (non-hydrogen) atoms. The van der Waals surface area contributed by atoms with Crippen LogP contribution >= 0.6 is 0 Å². The Morgan fingerprint density at radius 1 is 0.944 bits per heavy atom. The number of ether oxygens (including phenoxy) is 2. The number of methoxy groups -OCH3 is 2. The van der Waals surface area contributed by atoms with Crippen molar-refractivity contribution in [3.8, 4) is 11.5 Å². The van der Waals surface area contributed by atoms with Crippen LogP contribution in [0.3, 0.4) is 0 Å². The van der Waals surface area contributed by atoms with E-state index in [2.05, 4.69) is 10.3 Å². The summed E-state index contributed by atoms with van der Waals surface area (Å²) in [6, 6.07) is 19.3. The van der Waals surface area contributed by atoms with Crippen LogP contribution in [0.5, 0.6) is 11.5 Å². The van der Waals surface area contributed by atoms with Crippen LogP contribution in [-0.2, 0) is 11.3 Å². The molecule has 0 spiro atoms. The van der Waals surface area contributed by atoms with Crippen LogP contribution in [-0.4, -0.2) is 42.0 Å². The Kier molecular flexibility index (Phi) is 8.55. The molecule has 1 aliphatic rings. The molecule has 2 amide bonds. The maximum atomic E-state index is 13.9. The molecule has 0 saturated heterocycles. The van der Waals surface area contributed by atoms with E-state index in [9.17, 15) is 9.59 Å². The van der Waals surface area contributed by atoms with Crippen LogP contribution in [0.25, 0.3) is 0 Å². The minimum absolute atomic E-state index is 0.1000. The molecular formula is C29H33N3O4. The summed E-state index contributed by atoms with van der Waals surface area (Å²) in [5.74, 6) is 0.768. The predicted octanol–water partition coefficient (Wildman–Crippen LogP) is 4.93. The van der Waals surface area contributed by atoms with Crippen LogP contribution in [0.15, 0.2) is 72.9 Å². The fourth-order valence-corrected chi connectivity index (χ4v) is 4.70. The zero-order valence-corrected chi connectivity index (χ0v) is 20.9. The lowest BCUT2D eigenvalue weighted by atomic mass is 9.94. The molecule has 3 aromatic rings. The summed E-state index contributed by atoms with van der Waals surface area (Å²) in [5, 5.41) is 3.23. The van der Waals surface area contributed by atoms with Crippen molar-refractivity contribution in [1.82, 2.24) is 15.2 Å². The molecule has 4 rings (SSSR count). The number of carbonyl (C=O) groups is 2. The van der Waals surface area contributed by atoms with Gasteiger partial charge in [-0.2, -0.15) is 0 Å². The van der Waals surface area contributed by atoms with Gasteiger partial charge in [-0.05, 0) is 60.4 Å². The number of nitrogens with zero attached hydrogens (tertiary/aromatic N) is 2. The Balaban J connectivity index is 1.77. The number of carbonyl (C=O) groups excluding carboxylic acids is 2. The monoisotopic (exact) mass is 487 g/mol. The number of hydrogen-bond donors (Lipinski definition) is 1. The molecule has 0 bridgehead atoms. The minimum atomic E-state index is -0.872. The van der Waals surface area contributed by atoms with Gasteiger partial charge in [-0.25, -0.2) is 0 Å². The van der Waals surface area contributed by atoms with Crippen molar-refractivity contribution in [2.45, 2.75) is 50.7 Å². The summed E-state index contributed by atoms with van der Waals surface area (Å²) < 4.78 is 10.8. The highest BCUT2D eigenvalue weighted by Gasteiger charge is 2.34. The molecule has 0 radical (unpaired) electrons. The van der Waals surface area contributed by atoms with Crippen LogP contribution in [0.4, 0.5) is 0 Å². The second kappa shape index (κ2) is 12.2. The standard InChI is InChI=1S/C29H33N3O4/c1-35-24-14-8-10-21(18-24)20-32(29(34)26-16-6-7-17-30-26)27(22-11-9-15-25(19-22)36-2)28(33)31-23-12-4-3-5-13-23/h6-11,14-19,23,27H,3-5,12-13,20H2,1-2H3,(H,31,33)/t27-/m0/s1. The molecule has 1 heterocycles. The molecule has 7 nitrogen and oxygen atoms in total. The molecular weight excluding hydrogens is 454 g/mol. The smallest absolute Gasteiger partial charge is 0.273 e. The second-order valence-corrected chi connectivity index (χ2v) is 9.02. The highest BCUT2D eigenvalue weighted by atomic mass is 16.5. The molecule has 1 aliphatic carbocycles. The van der Waals surface area contributed by atoms with Gasteiger partial charge in [0.25, 0.3) is 5.91 Å². The summed E-state index contributed by atoms with van der Waals surface area (Å²) in [5.41, 5.74) is 1.80. The number of pyridine rings is 1. The second-order valence-electron chi connectivity index (χ2n) is 9.02. The normalized spacial score (nSPS) is 14.5. The summed E-state index contributed by atoms with van der Waals surface area (Å²) in [6.07, 6.45) is 6.84. The summed E-state index contributed by atoms with van der Waals surface area (Å²) in [7, 11) is 3.19. The van der Waals surface area contributed by atoms with Gasteiger partial charge in [-0.1, -0.05) is 49.6 Å². The van der Waals surface area contributed by atoms with Gasteiger partial charge in [-0.15, -0.1) is 0 Å². The van der Waals surface area contributed by atoms with Crippen molar-refractivity contribution >= 4 is 11.8 Å². The van der Waals surface area contributed by atoms with Crippen LogP contribution in [0, 0.1) is 0 Å². The summed E-state index contributed by atoms with van der Waals surface area (Å²) in [6.45, 7) is 0.201. The third-order valence-electron chi connectivity index (χ3n) is 6.55. The minimum Gasteiger partial charge on any atom is -0.497 e. The van der Waals surface area contributed by atoms with E-state index in [1.54, 1.807) is 43.5 Å². The van der Waals surface area contributed by atoms with Crippen LogP contribution in [0.1, 0.15) is 59.8 Å². The average Bonchev–Trinajstić information content (AvgIpc) is 2.93. The van der Waals surface area contributed by atoms with Gasteiger partial charge < -0.3 is 19.7 Å². The van der Waals surface area contributed by atoms with Gasteiger partial charge in [0.2, 0.25) is 5.91 Å². The van der Waals surface area contributed by atoms with Crippen molar-refractivity contribution in [2.75, 3.05) is 14.2 Å². The number of hydrogen-bond acceptors (Lipinski definition) is 5. The largest absolute Gasteiger partial charge is 0.497 e. The first-order valence-electron chi connectivity index (χ1n) is 12.4. The number of nitrogens with one attached hydrogen (secondary N) is 1. The van der Waals surface area contributed by atoms with Crippen molar-refractivity contribution < 1.29 is 19.1 Å². The molecule has 0 aliphatic heterocycles. The Bertz CT molecular complexity index is 1160. The Morgan fingerprint density at radius 2 is 1.67 bits per heavy atom. The highest BCUT2D eigenvalue weighted by Crippen LogP contribution is 2.29. The van der Waals surface area contributed by atoms with Crippen molar-refractivity contribution in [1.29, 1.82) is 0 Å². The van der Waals surface area contributed by atoms with E-state index in [1.165, 1.54) is 6.42 Å². The topological polar surface area (TPSA) is 80.8 Å². The van der Waals surface area contributed by atoms with Gasteiger partial charge in [0.15, 0.2) is 0 Å². The lowest BCUT2D eigenvalue weighted by Crippen LogP contribution is -2.47. The number of aromatic nitrogens is 1. The van der Waals surface area contributed by atoms with E-state index >= 15 is 0 Å². The zero-order chi connectivity index (χ0) is 25.3. The van der Waals surface area contributed by atoms with Gasteiger partial charge in [-0.3, -0.25) is 14.6 Å². The SMILES string of the molecule is COc1cccc(CN(C(=O)c2ccccn2)[C@H](C(=O)NC2CCCCC2)c2cccc(OC)c2)c1. The van der Waals surface area contributed by atoms with Gasteiger partial charge in [0.05, 0.1) is 14.2 Å². The third-order valence-corrected chi connectivity index (χ3v) is 6.55. The molecule has 0 unspecified atom stereocenters. The van der Waals surface area contributed by atoms with Gasteiger partial charge in [0.1, 0.15) is 23.2 Å². The number of benzene rings is 2. The Labute approximate surface area is 212 Å². The fraction of sp³-hybridized carbons (Fsp3) is 0.345. The molecule has 2 aromatic carbocycles. The Morgan fingerprint density at radius 3 is 2.36 bits per heavy atom. The maximum Gasteiger partial charge on any atom is 0.273 e. The number of amides is 2. The van der Waals surface area contributed by atoms with Crippen molar-refractivity contribution in [3.63, 3.8) is 0 Å². The maximum absolute atomic E-state index is 13.9. The first-order valence-corrected chi connectivity index (χ1v) is 12.4. The average molecular weight is 488 g/mol. The quantitative estimate of drug-likeness (QED) is 0.463. The van der Waals surface area contributed by atoms with E-state index in [1.807, 2.05) is 48.5 Å². The van der Waals surface area contributed by atoms with Crippen LogP contribution in [0.2, 0.25) is 0 Å². The molecule has 1 aromatic heterocycles. The third kappa shape index (κ3) is 6.22. The highest BCUT2D eigenvalue weighted by molar-refractivity contribution is 5.96. The van der Waals surface area contributed by atoms with Crippen molar-refractivity contribution in [2.24, 2.45) is 0 Å². The molecule has 1 fully saturated rings. The lowest BCUT2D eigenvalue weighted by Gasteiger charge is -2.33. The van der Waals surface area contributed by atoms with E-state index in [-0.39, 0.29) is 30.1 Å². The summed E-state index contributed by atoms with van der Waals surface area (Å²) in [4.78, 5) is 33.7. The Hall–Kier alpha value is -3.87. The van der Waals surface area contributed by atoms with Crippen LogP contribution < -0.4 is 14.8 Å². The van der Waals surface area contributed by atoms with Gasteiger partial charge >= 0.3 is 0 Å². The van der Waals surface area contributed by atoms with E-state index in [4.69, 9.17) is 9.47 Å². The van der Waals surface area contributed by atoms with E-state index < -0.39 is 6.04 Å². The van der Waals surface area contributed by atoms with Gasteiger partial charge in [0, 0.05) is 18.8 Å². The molecule has 1 saturated carbocycles. The predicted molar refractivity (Wildman–Crippen MR) is 138 cm³/mol. The lowest BCUT2D eigenvalue weighted by molar-refractivity contribution is -0.127.